The van der Waals surface area contributed by atoms with Crippen LogP contribution in [-0.2, 0) is 26.2 Å². The summed E-state index contributed by atoms with van der Waals surface area (Å²) in [6.45, 7) is 7.17. The summed E-state index contributed by atoms with van der Waals surface area (Å²) in [5, 5.41) is 3.15. The van der Waals surface area contributed by atoms with Gasteiger partial charge in [-0.2, -0.15) is 0 Å². The molecule has 0 aliphatic heterocycles. The molecule has 1 saturated carbocycles. The molecule has 3 aromatic carbocycles. The van der Waals surface area contributed by atoms with Gasteiger partial charge in [-0.3, -0.25) is 13.9 Å². The first-order chi connectivity index (χ1) is 20.5. The summed E-state index contributed by atoms with van der Waals surface area (Å²) in [4.78, 5) is 29.6. The second-order valence-corrected chi connectivity index (χ2v) is 13.3. The number of anilines is 1. The average Bonchev–Trinajstić information content (AvgIpc) is 3.50. The number of amides is 2. The number of methoxy groups -OCH3 is 1. The highest BCUT2D eigenvalue weighted by Crippen LogP contribution is 2.29. The summed E-state index contributed by atoms with van der Waals surface area (Å²) in [7, 11) is -2.54. The van der Waals surface area contributed by atoms with E-state index in [9.17, 15) is 18.0 Å². The molecule has 0 saturated heterocycles. The fourth-order valence-corrected chi connectivity index (χ4v) is 7.02. The zero-order valence-corrected chi connectivity index (χ0v) is 26.6. The first-order valence-electron chi connectivity index (χ1n) is 14.9. The van der Waals surface area contributed by atoms with Crippen molar-refractivity contribution < 1.29 is 22.7 Å². The molecule has 43 heavy (non-hydrogen) atoms. The number of benzene rings is 3. The van der Waals surface area contributed by atoms with E-state index in [1.165, 1.54) is 9.21 Å². The molecule has 0 spiro atoms. The van der Waals surface area contributed by atoms with Crippen molar-refractivity contribution in [3.05, 3.63) is 89.0 Å². The van der Waals surface area contributed by atoms with Crippen molar-refractivity contribution in [2.24, 2.45) is 0 Å². The minimum absolute atomic E-state index is 0.0906. The molecule has 1 atom stereocenters. The van der Waals surface area contributed by atoms with E-state index < -0.39 is 28.5 Å². The van der Waals surface area contributed by atoms with E-state index in [1.807, 2.05) is 64.1 Å². The smallest absolute Gasteiger partial charge is 0.264 e. The van der Waals surface area contributed by atoms with Crippen LogP contribution in [0, 0.1) is 20.8 Å². The lowest BCUT2D eigenvalue weighted by Gasteiger charge is -2.34. The van der Waals surface area contributed by atoms with E-state index in [-0.39, 0.29) is 23.4 Å². The van der Waals surface area contributed by atoms with Crippen LogP contribution in [0.25, 0.3) is 0 Å². The molecule has 3 aromatic rings. The van der Waals surface area contributed by atoms with Crippen molar-refractivity contribution in [2.75, 3.05) is 18.0 Å². The Hall–Kier alpha value is -3.85. The van der Waals surface area contributed by atoms with Gasteiger partial charge in [0.1, 0.15) is 18.3 Å². The van der Waals surface area contributed by atoms with E-state index in [2.05, 4.69) is 5.32 Å². The van der Waals surface area contributed by atoms with Crippen molar-refractivity contribution in [1.82, 2.24) is 10.2 Å². The van der Waals surface area contributed by atoms with Crippen LogP contribution in [0.1, 0.15) is 61.3 Å². The number of hydrogen-bond acceptors (Lipinski definition) is 5. The van der Waals surface area contributed by atoms with Gasteiger partial charge in [0.25, 0.3) is 10.0 Å². The van der Waals surface area contributed by atoms with E-state index in [0.717, 1.165) is 47.9 Å². The first-order valence-corrected chi connectivity index (χ1v) is 16.4. The lowest BCUT2D eigenvalue weighted by molar-refractivity contribution is -0.140. The summed E-state index contributed by atoms with van der Waals surface area (Å²) < 4.78 is 34.8. The van der Waals surface area contributed by atoms with Gasteiger partial charge in [-0.15, -0.1) is 0 Å². The molecule has 2 amide bonds. The molecule has 0 radical (unpaired) electrons. The van der Waals surface area contributed by atoms with Crippen molar-refractivity contribution >= 4 is 27.5 Å². The van der Waals surface area contributed by atoms with Crippen LogP contribution in [0.15, 0.2) is 71.6 Å². The molecular weight excluding hydrogens is 562 g/mol. The number of carbonyl (C=O) groups is 2. The van der Waals surface area contributed by atoms with Gasteiger partial charge in [0.2, 0.25) is 11.8 Å². The topological polar surface area (TPSA) is 96.0 Å². The largest absolute Gasteiger partial charge is 0.497 e. The highest BCUT2D eigenvalue weighted by atomic mass is 32.2. The Bertz CT molecular complexity index is 1510. The number of ether oxygens (including phenoxy) is 1. The van der Waals surface area contributed by atoms with Gasteiger partial charge in [-0.1, -0.05) is 61.7 Å². The summed E-state index contributed by atoms with van der Waals surface area (Å²) in [6, 6.07) is 18.8. The Labute approximate surface area is 256 Å². The molecule has 8 nitrogen and oxygen atoms in total. The monoisotopic (exact) mass is 605 g/mol. The minimum atomic E-state index is -4.12. The lowest BCUT2D eigenvalue weighted by Crippen LogP contribution is -2.53. The average molecular weight is 606 g/mol. The molecule has 0 aromatic heterocycles. The Morgan fingerprint density at radius 3 is 2.16 bits per heavy atom. The third kappa shape index (κ3) is 7.76. The molecule has 0 heterocycles. The molecule has 1 aliphatic carbocycles. The van der Waals surface area contributed by atoms with Crippen LogP contribution in [0.5, 0.6) is 5.75 Å². The van der Waals surface area contributed by atoms with Crippen LogP contribution >= 0.6 is 0 Å². The molecule has 0 unspecified atom stereocenters. The number of nitrogens with zero attached hydrogens (tertiary/aromatic N) is 2. The van der Waals surface area contributed by atoms with Crippen LogP contribution in [0.4, 0.5) is 5.69 Å². The fraction of sp³-hybridized carbons (Fsp3) is 0.412. The van der Waals surface area contributed by atoms with Crippen LogP contribution in [0.3, 0.4) is 0 Å². The number of rotatable bonds is 12. The molecule has 1 fully saturated rings. The van der Waals surface area contributed by atoms with E-state index in [4.69, 9.17) is 4.74 Å². The number of carbonyl (C=O) groups excluding carboxylic acids is 2. The Morgan fingerprint density at radius 2 is 1.56 bits per heavy atom. The molecule has 1 N–H and O–H groups in total. The van der Waals surface area contributed by atoms with Crippen LogP contribution in [-0.4, -0.2) is 50.9 Å². The summed E-state index contributed by atoms with van der Waals surface area (Å²) in [6.07, 6.45) is 4.36. The number of sulfonamides is 1. The normalized spacial score (nSPS) is 14.3. The zero-order valence-electron chi connectivity index (χ0n) is 25.8. The van der Waals surface area contributed by atoms with Crippen molar-refractivity contribution in [1.29, 1.82) is 0 Å². The molecule has 4 rings (SSSR count). The highest BCUT2D eigenvalue weighted by Gasteiger charge is 2.35. The van der Waals surface area contributed by atoms with E-state index >= 15 is 0 Å². The van der Waals surface area contributed by atoms with Crippen LogP contribution in [0.2, 0.25) is 0 Å². The van der Waals surface area contributed by atoms with Gasteiger partial charge in [0.15, 0.2) is 0 Å². The first kappa shape index (κ1) is 32.1. The Kier molecular flexibility index (Phi) is 10.5. The zero-order chi connectivity index (χ0) is 31.1. The molecular formula is C34H43N3O5S. The Balaban J connectivity index is 1.74. The summed E-state index contributed by atoms with van der Waals surface area (Å²) in [5.74, 6) is 0.00899. The standard InChI is InChI=1S/C34H43N3O5S/c1-6-31(34(39)35-28-9-7-8-10-28)36(22-27-15-17-29(42-5)18-16-27)33(38)23-37(32-21-25(3)11-14-26(32)4)43(40,41)30-19-12-24(2)13-20-30/h11-21,28,31H,6-10,22-23H2,1-5H3,(H,35,39)/t31-/m1/s1. The van der Waals surface area contributed by atoms with Crippen LogP contribution < -0.4 is 14.4 Å². The molecule has 1 aliphatic rings. The quantitative estimate of drug-likeness (QED) is 0.287. The molecule has 230 valence electrons. The number of nitrogens with one attached hydrogen (secondary N) is 1. The second kappa shape index (κ2) is 14.1. The van der Waals surface area contributed by atoms with E-state index in [0.29, 0.717) is 17.9 Å². The van der Waals surface area contributed by atoms with Gasteiger partial charge < -0.3 is 15.0 Å². The summed E-state index contributed by atoms with van der Waals surface area (Å²) >= 11 is 0. The van der Waals surface area contributed by atoms with E-state index in [1.54, 1.807) is 37.4 Å². The predicted molar refractivity (Wildman–Crippen MR) is 170 cm³/mol. The van der Waals surface area contributed by atoms with Crippen molar-refractivity contribution in [2.45, 2.75) is 83.3 Å². The molecule has 0 bridgehead atoms. The van der Waals surface area contributed by atoms with Gasteiger partial charge in [-0.25, -0.2) is 8.42 Å². The predicted octanol–water partition coefficient (Wildman–Crippen LogP) is 5.68. The maximum atomic E-state index is 14.3. The maximum Gasteiger partial charge on any atom is 0.264 e. The third-order valence-electron chi connectivity index (χ3n) is 8.12. The van der Waals surface area contributed by atoms with Gasteiger partial charge in [0.05, 0.1) is 17.7 Å². The third-order valence-corrected chi connectivity index (χ3v) is 9.89. The lowest BCUT2D eigenvalue weighted by atomic mass is 10.1. The molecule has 9 heteroatoms. The fourth-order valence-electron chi connectivity index (χ4n) is 5.55. The highest BCUT2D eigenvalue weighted by molar-refractivity contribution is 7.92. The minimum Gasteiger partial charge on any atom is -0.497 e. The second-order valence-electron chi connectivity index (χ2n) is 11.4. The van der Waals surface area contributed by atoms with Crippen molar-refractivity contribution in [3.8, 4) is 5.75 Å². The maximum absolute atomic E-state index is 14.3. The Morgan fingerprint density at radius 1 is 0.930 bits per heavy atom. The van der Waals surface area contributed by atoms with Gasteiger partial charge >= 0.3 is 0 Å². The SMILES string of the molecule is CC[C@H](C(=O)NC1CCCC1)N(Cc1ccc(OC)cc1)C(=O)CN(c1cc(C)ccc1C)S(=O)(=O)c1ccc(C)cc1. The summed E-state index contributed by atoms with van der Waals surface area (Å²) in [5.41, 5.74) is 3.76. The van der Waals surface area contributed by atoms with Crippen molar-refractivity contribution in [3.63, 3.8) is 0 Å². The number of hydrogen-bond donors (Lipinski definition) is 1. The number of aryl methyl sites for hydroxylation is 3. The van der Waals surface area contributed by atoms with Gasteiger partial charge in [-0.05, 0) is 87.1 Å². The van der Waals surface area contributed by atoms with Gasteiger partial charge in [0, 0.05) is 12.6 Å².